The minimum atomic E-state index is 0.621. The Bertz CT molecular complexity index is 999. The van der Waals surface area contributed by atoms with Gasteiger partial charge >= 0.3 is 0 Å². The van der Waals surface area contributed by atoms with E-state index in [4.69, 9.17) is 9.97 Å². The number of hydrogen-bond acceptors (Lipinski definition) is 6. The van der Waals surface area contributed by atoms with Gasteiger partial charge in [-0.1, -0.05) is 36.4 Å². The number of nitrogens with one attached hydrogen (secondary N) is 2. The third-order valence-corrected chi connectivity index (χ3v) is 4.93. The van der Waals surface area contributed by atoms with Crippen LogP contribution in [0.3, 0.4) is 0 Å². The SMILES string of the molecule is CNCc1nc(NCc2ccccn2)c2c(-c3ccccc3)csc2n1. The minimum Gasteiger partial charge on any atom is -0.364 e. The van der Waals surface area contributed by atoms with Crippen molar-refractivity contribution in [3.05, 3.63) is 71.6 Å². The number of nitrogens with zero attached hydrogens (tertiary/aromatic N) is 3. The molecule has 5 nitrogen and oxygen atoms in total. The fourth-order valence-corrected chi connectivity index (χ4v) is 3.82. The zero-order valence-electron chi connectivity index (χ0n) is 14.4. The number of hydrogen-bond donors (Lipinski definition) is 2. The van der Waals surface area contributed by atoms with Crippen molar-refractivity contribution in [3.8, 4) is 11.1 Å². The van der Waals surface area contributed by atoms with Crippen molar-refractivity contribution < 1.29 is 0 Å². The Labute approximate surface area is 156 Å². The first kappa shape index (κ1) is 16.6. The average molecular weight is 361 g/mol. The highest BCUT2D eigenvalue weighted by molar-refractivity contribution is 7.17. The van der Waals surface area contributed by atoms with Gasteiger partial charge in [-0.25, -0.2) is 9.97 Å². The summed E-state index contributed by atoms with van der Waals surface area (Å²) in [4.78, 5) is 14.9. The summed E-state index contributed by atoms with van der Waals surface area (Å²) in [5, 5.41) is 9.82. The van der Waals surface area contributed by atoms with Gasteiger partial charge in [-0.15, -0.1) is 11.3 Å². The predicted molar refractivity (Wildman–Crippen MR) is 107 cm³/mol. The molecule has 3 heterocycles. The molecule has 0 bridgehead atoms. The van der Waals surface area contributed by atoms with E-state index in [1.54, 1.807) is 17.5 Å². The second kappa shape index (κ2) is 7.59. The molecule has 0 spiro atoms. The van der Waals surface area contributed by atoms with Crippen molar-refractivity contribution in [2.75, 3.05) is 12.4 Å². The molecule has 0 fully saturated rings. The predicted octanol–water partition coefficient (Wildman–Crippen LogP) is 4.08. The molecule has 3 aromatic heterocycles. The molecule has 0 amide bonds. The highest BCUT2D eigenvalue weighted by atomic mass is 32.1. The summed E-state index contributed by atoms with van der Waals surface area (Å²) in [5.74, 6) is 1.64. The number of anilines is 1. The van der Waals surface area contributed by atoms with Gasteiger partial charge in [0.05, 0.1) is 24.2 Å². The molecule has 130 valence electrons. The van der Waals surface area contributed by atoms with Crippen LogP contribution in [-0.2, 0) is 13.1 Å². The summed E-state index contributed by atoms with van der Waals surface area (Å²) in [7, 11) is 1.90. The van der Waals surface area contributed by atoms with E-state index in [9.17, 15) is 0 Å². The van der Waals surface area contributed by atoms with Crippen LogP contribution in [0.1, 0.15) is 11.5 Å². The number of fused-ring (bicyclic) bond motifs is 1. The van der Waals surface area contributed by atoms with Gasteiger partial charge in [0.1, 0.15) is 16.5 Å². The quantitative estimate of drug-likeness (QED) is 0.542. The molecule has 0 saturated carbocycles. The molecule has 0 saturated heterocycles. The van der Waals surface area contributed by atoms with Gasteiger partial charge < -0.3 is 10.6 Å². The minimum absolute atomic E-state index is 0.621. The summed E-state index contributed by atoms with van der Waals surface area (Å²) in [6, 6.07) is 16.3. The Morgan fingerprint density at radius 2 is 1.81 bits per heavy atom. The van der Waals surface area contributed by atoms with Gasteiger partial charge in [0.25, 0.3) is 0 Å². The van der Waals surface area contributed by atoms with E-state index in [-0.39, 0.29) is 0 Å². The molecule has 0 aliphatic carbocycles. The van der Waals surface area contributed by atoms with E-state index in [0.717, 1.165) is 33.1 Å². The van der Waals surface area contributed by atoms with Gasteiger partial charge in [0, 0.05) is 17.1 Å². The first-order chi connectivity index (χ1) is 12.8. The van der Waals surface area contributed by atoms with Crippen molar-refractivity contribution in [1.29, 1.82) is 0 Å². The number of pyridine rings is 1. The van der Waals surface area contributed by atoms with E-state index in [1.165, 1.54) is 5.56 Å². The van der Waals surface area contributed by atoms with Crippen LogP contribution in [0.25, 0.3) is 21.3 Å². The van der Waals surface area contributed by atoms with E-state index >= 15 is 0 Å². The molecule has 0 atom stereocenters. The summed E-state index contributed by atoms with van der Waals surface area (Å²) in [6.45, 7) is 1.25. The molecule has 0 aliphatic heterocycles. The summed E-state index contributed by atoms with van der Waals surface area (Å²) in [5.41, 5.74) is 3.31. The van der Waals surface area contributed by atoms with Crippen LogP contribution in [0.4, 0.5) is 5.82 Å². The van der Waals surface area contributed by atoms with Gasteiger partial charge in [-0.05, 0) is 24.7 Å². The second-order valence-electron chi connectivity index (χ2n) is 5.89. The molecule has 4 rings (SSSR count). The van der Waals surface area contributed by atoms with E-state index in [1.807, 2.05) is 31.3 Å². The molecule has 0 aliphatic rings. The Hall–Kier alpha value is -2.83. The van der Waals surface area contributed by atoms with Crippen LogP contribution in [0.5, 0.6) is 0 Å². The monoisotopic (exact) mass is 361 g/mol. The zero-order chi connectivity index (χ0) is 17.8. The van der Waals surface area contributed by atoms with Gasteiger partial charge in [0.2, 0.25) is 0 Å². The van der Waals surface area contributed by atoms with Crippen LogP contribution in [0, 0.1) is 0 Å². The number of rotatable bonds is 6. The van der Waals surface area contributed by atoms with Crippen molar-refractivity contribution >= 4 is 27.4 Å². The average Bonchev–Trinajstić information content (AvgIpc) is 3.12. The maximum Gasteiger partial charge on any atom is 0.146 e. The van der Waals surface area contributed by atoms with Gasteiger partial charge in [-0.3, -0.25) is 4.98 Å². The molecular weight excluding hydrogens is 342 g/mol. The Balaban J connectivity index is 1.78. The highest BCUT2D eigenvalue weighted by Crippen LogP contribution is 2.37. The summed E-state index contributed by atoms with van der Waals surface area (Å²) >= 11 is 1.65. The van der Waals surface area contributed by atoms with Crippen molar-refractivity contribution in [2.45, 2.75) is 13.1 Å². The Kier molecular flexibility index (Phi) is 4.86. The smallest absolute Gasteiger partial charge is 0.146 e. The standard InChI is InChI=1S/C20H19N5S/c1-21-12-17-24-19(23-11-15-9-5-6-10-22-15)18-16(13-26-20(18)25-17)14-7-3-2-4-8-14/h2-10,13,21H,11-12H2,1H3,(H,23,24,25). The fraction of sp³-hybridized carbons (Fsp3) is 0.150. The van der Waals surface area contributed by atoms with Crippen molar-refractivity contribution in [3.63, 3.8) is 0 Å². The molecular formula is C20H19N5S. The number of thiophene rings is 1. The molecule has 6 heteroatoms. The van der Waals surface area contributed by atoms with Crippen LogP contribution in [-0.4, -0.2) is 22.0 Å². The topological polar surface area (TPSA) is 62.7 Å². The maximum absolute atomic E-state index is 4.76. The van der Waals surface area contributed by atoms with E-state index < -0.39 is 0 Å². The van der Waals surface area contributed by atoms with Crippen LogP contribution >= 0.6 is 11.3 Å². The number of benzene rings is 1. The first-order valence-corrected chi connectivity index (χ1v) is 9.35. The third-order valence-electron chi connectivity index (χ3n) is 4.06. The van der Waals surface area contributed by atoms with Crippen LogP contribution < -0.4 is 10.6 Å². The van der Waals surface area contributed by atoms with Crippen molar-refractivity contribution in [1.82, 2.24) is 20.3 Å². The lowest BCUT2D eigenvalue weighted by Crippen LogP contribution is -2.11. The third kappa shape index (κ3) is 3.42. The van der Waals surface area contributed by atoms with E-state index in [0.29, 0.717) is 13.1 Å². The highest BCUT2D eigenvalue weighted by Gasteiger charge is 2.15. The lowest BCUT2D eigenvalue weighted by atomic mass is 10.1. The number of aromatic nitrogens is 3. The van der Waals surface area contributed by atoms with Crippen LogP contribution in [0.15, 0.2) is 60.1 Å². The Morgan fingerprint density at radius 1 is 0.962 bits per heavy atom. The van der Waals surface area contributed by atoms with E-state index in [2.05, 4.69) is 45.3 Å². The lowest BCUT2D eigenvalue weighted by Gasteiger charge is -2.10. The molecule has 1 aromatic carbocycles. The van der Waals surface area contributed by atoms with Gasteiger partial charge in [0.15, 0.2) is 0 Å². The van der Waals surface area contributed by atoms with Crippen LogP contribution in [0.2, 0.25) is 0 Å². The molecule has 0 unspecified atom stereocenters. The normalized spacial score (nSPS) is 11.0. The first-order valence-electron chi connectivity index (χ1n) is 8.47. The second-order valence-corrected chi connectivity index (χ2v) is 6.75. The Morgan fingerprint density at radius 3 is 2.58 bits per heavy atom. The molecule has 2 N–H and O–H groups in total. The lowest BCUT2D eigenvalue weighted by molar-refractivity contribution is 0.765. The zero-order valence-corrected chi connectivity index (χ0v) is 15.3. The fourth-order valence-electron chi connectivity index (χ4n) is 2.86. The molecule has 4 aromatic rings. The summed E-state index contributed by atoms with van der Waals surface area (Å²) in [6.07, 6.45) is 1.80. The van der Waals surface area contributed by atoms with Crippen molar-refractivity contribution in [2.24, 2.45) is 0 Å². The summed E-state index contributed by atoms with van der Waals surface area (Å²) < 4.78 is 0. The molecule has 26 heavy (non-hydrogen) atoms. The maximum atomic E-state index is 4.76. The largest absolute Gasteiger partial charge is 0.364 e. The van der Waals surface area contributed by atoms with Gasteiger partial charge in [-0.2, -0.15) is 0 Å². The molecule has 0 radical (unpaired) electrons.